The van der Waals surface area contributed by atoms with Gasteiger partial charge in [0.05, 0.1) is 13.2 Å². The van der Waals surface area contributed by atoms with Crippen LogP contribution in [0.25, 0.3) is 45.5 Å². The van der Waals surface area contributed by atoms with Crippen molar-refractivity contribution in [3.8, 4) is 23.9 Å². The van der Waals surface area contributed by atoms with Crippen LogP contribution in [0, 0.1) is 22.7 Å². The molecule has 8 N–H and O–H groups in total. The largest absolute Gasteiger partial charge is 0.473 e. The van der Waals surface area contributed by atoms with Crippen molar-refractivity contribution in [2.45, 2.75) is 26.3 Å². The highest BCUT2D eigenvalue weighted by atomic mass is 35.5. The number of anilines is 4. The Hall–Kier alpha value is -10.6. The first kappa shape index (κ1) is 61.5. The Kier molecular flexibility index (Phi) is 21.9. The molecule has 21 nitrogen and oxygen atoms in total. The second-order valence-corrected chi connectivity index (χ2v) is 19.5. The van der Waals surface area contributed by atoms with Gasteiger partial charge in [0.2, 0.25) is 35.4 Å². The van der Waals surface area contributed by atoms with Crippen LogP contribution in [-0.4, -0.2) is 81.5 Å². The fraction of sp³-hybridized carbons (Fsp3) is 0.159. The van der Waals surface area contributed by atoms with Crippen molar-refractivity contribution >= 4 is 98.1 Å². The monoisotopic (exact) mass is 1190 g/mol. The highest BCUT2D eigenvalue weighted by molar-refractivity contribution is 6.29. The van der Waals surface area contributed by atoms with Gasteiger partial charge in [-0.2, -0.15) is 20.5 Å². The number of hydrogen-bond donors (Lipinski definition) is 5. The van der Waals surface area contributed by atoms with Gasteiger partial charge in [-0.3, -0.25) is 0 Å². The van der Waals surface area contributed by atoms with Gasteiger partial charge in [0.1, 0.15) is 64.4 Å². The summed E-state index contributed by atoms with van der Waals surface area (Å²) in [5, 5.41) is 31.3. The summed E-state index contributed by atoms with van der Waals surface area (Å²) in [5.74, 6) is 1.38. The van der Waals surface area contributed by atoms with Crippen LogP contribution in [0.15, 0.2) is 167 Å². The number of aliphatic hydroxyl groups excluding tert-OH is 1. The molecule has 0 fully saturated rings. The summed E-state index contributed by atoms with van der Waals surface area (Å²) in [4.78, 5) is 40.3. The Balaban J connectivity index is 0.000000190. The molecule has 4 heterocycles. The molecule has 0 spiro atoms. The van der Waals surface area contributed by atoms with Gasteiger partial charge in [0.15, 0.2) is 11.2 Å². The van der Waals surface area contributed by atoms with Crippen molar-refractivity contribution < 1.29 is 32.9 Å². The van der Waals surface area contributed by atoms with Crippen LogP contribution < -0.4 is 41.8 Å². The molecule has 10 rings (SSSR count). The SMILES string of the molecule is CN(CCO)c1ccc(/C=C(\C#N)c2nc3ccccc3o2)cc1.CN(CCOC(=O)NCc1ccc(COc2cc(Cl)nc(N)n2)cc1)c1ccc(/C=C(\C#N)c2nc3ccccc3o2)cc1.NCc1ccc(COc2cc(Cl)nc(N)n2)cc1. The number of alkyl carbamates (subject to hydrolysis) is 1. The number of benzene rings is 6. The number of carbonyl (C=O) groups excluding carboxylic acids is 1. The van der Waals surface area contributed by atoms with Crippen LogP contribution in [0.2, 0.25) is 10.3 Å². The molecule has 23 heteroatoms. The van der Waals surface area contributed by atoms with Crippen molar-refractivity contribution in [1.29, 1.82) is 10.5 Å². The van der Waals surface area contributed by atoms with Gasteiger partial charge in [-0.05, 0) is 94.1 Å². The number of para-hydroxylation sites is 4. The number of nitrogens with one attached hydrogen (secondary N) is 1. The Morgan fingerprint density at radius 2 is 1.03 bits per heavy atom. The molecular formula is C63H58Cl2N14O7. The number of halogens is 2. The summed E-state index contributed by atoms with van der Waals surface area (Å²) >= 11 is 11.6. The minimum atomic E-state index is -0.507. The lowest BCUT2D eigenvalue weighted by molar-refractivity contribution is 0.148. The maximum Gasteiger partial charge on any atom is 0.407 e. The molecule has 0 aliphatic carbocycles. The number of oxazole rings is 2. The first-order chi connectivity index (χ1) is 41.7. The summed E-state index contributed by atoms with van der Waals surface area (Å²) < 4.78 is 27.8. The number of amides is 1. The maximum atomic E-state index is 12.2. The number of likely N-dealkylation sites (N-methyl/N-ethyl adjacent to an activating group) is 2. The summed E-state index contributed by atoms with van der Waals surface area (Å²) in [7, 11) is 3.82. The van der Waals surface area contributed by atoms with E-state index in [1.165, 1.54) is 12.1 Å². The molecule has 1 amide bonds. The Labute approximate surface area is 505 Å². The van der Waals surface area contributed by atoms with Crippen molar-refractivity contribution in [1.82, 2.24) is 35.2 Å². The van der Waals surface area contributed by atoms with Crippen LogP contribution >= 0.6 is 23.2 Å². The van der Waals surface area contributed by atoms with Crippen molar-refractivity contribution in [2.75, 3.05) is 61.7 Å². The fourth-order valence-electron chi connectivity index (χ4n) is 7.97. The molecule has 0 aliphatic rings. The van der Waals surface area contributed by atoms with Gasteiger partial charge in [-0.25, -0.2) is 24.7 Å². The summed E-state index contributed by atoms with van der Waals surface area (Å²) in [6, 6.07) is 52.9. The van der Waals surface area contributed by atoms with E-state index >= 15 is 0 Å². The zero-order valence-electron chi connectivity index (χ0n) is 46.7. The lowest BCUT2D eigenvalue weighted by Crippen LogP contribution is -2.28. The molecule has 0 radical (unpaired) electrons. The topological polar surface area (TPSA) is 313 Å². The summed E-state index contributed by atoms with van der Waals surface area (Å²) in [5.41, 5.74) is 27.6. The predicted molar refractivity (Wildman–Crippen MR) is 332 cm³/mol. The summed E-state index contributed by atoms with van der Waals surface area (Å²) in [6.45, 7) is 2.88. The number of rotatable bonds is 20. The normalized spacial score (nSPS) is 11.1. The molecule has 0 saturated heterocycles. The lowest BCUT2D eigenvalue weighted by Gasteiger charge is -2.19. The van der Waals surface area contributed by atoms with Gasteiger partial charge in [-0.15, -0.1) is 0 Å². The maximum absolute atomic E-state index is 12.2. The number of fused-ring (bicyclic) bond motifs is 2. The van der Waals surface area contributed by atoms with Gasteiger partial charge < -0.3 is 60.5 Å². The Morgan fingerprint density at radius 1 is 0.605 bits per heavy atom. The number of ether oxygens (including phenoxy) is 3. The number of allylic oxidation sites excluding steroid dienone is 2. The zero-order valence-corrected chi connectivity index (χ0v) is 48.2. The third-order valence-electron chi connectivity index (χ3n) is 12.5. The third kappa shape index (κ3) is 18.2. The van der Waals surface area contributed by atoms with E-state index in [9.17, 15) is 15.3 Å². The van der Waals surface area contributed by atoms with Crippen LogP contribution in [0.1, 0.15) is 45.2 Å². The van der Waals surface area contributed by atoms with Crippen LogP contribution in [0.3, 0.4) is 0 Å². The molecule has 436 valence electrons. The zero-order chi connectivity index (χ0) is 60.8. The van der Waals surface area contributed by atoms with E-state index in [1.807, 2.05) is 169 Å². The number of nitrogen functional groups attached to an aromatic ring is 2. The van der Waals surface area contributed by atoms with Crippen LogP contribution in [0.5, 0.6) is 11.8 Å². The first-order valence-electron chi connectivity index (χ1n) is 26.6. The number of aliphatic hydroxyl groups is 1. The fourth-order valence-corrected chi connectivity index (χ4v) is 8.33. The molecule has 0 aliphatic heterocycles. The van der Waals surface area contributed by atoms with Gasteiger partial charge in [0.25, 0.3) is 0 Å². The number of nitriles is 2. The second kappa shape index (κ2) is 30.7. The minimum Gasteiger partial charge on any atom is -0.473 e. The number of aromatic nitrogens is 6. The summed E-state index contributed by atoms with van der Waals surface area (Å²) in [6.07, 6.45) is 2.98. The van der Waals surface area contributed by atoms with Gasteiger partial charge >= 0.3 is 6.09 Å². The third-order valence-corrected chi connectivity index (χ3v) is 12.9. The number of hydrogen-bond acceptors (Lipinski definition) is 20. The van der Waals surface area contributed by atoms with Crippen molar-refractivity contribution in [3.05, 3.63) is 213 Å². The number of nitrogens with zero attached hydrogens (tertiary/aromatic N) is 10. The van der Waals surface area contributed by atoms with Crippen LogP contribution in [-0.2, 0) is 31.0 Å². The van der Waals surface area contributed by atoms with Crippen molar-refractivity contribution in [2.24, 2.45) is 5.73 Å². The first-order valence-corrected chi connectivity index (χ1v) is 27.3. The Bertz CT molecular complexity index is 3910. The lowest BCUT2D eigenvalue weighted by atomic mass is 10.1. The molecule has 0 saturated carbocycles. The molecule has 4 aromatic heterocycles. The molecule has 0 unspecified atom stereocenters. The highest BCUT2D eigenvalue weighted by Crippen LogP contribution is 2.26. The van der Waals surface area contributed by atoms with Gasteiger partial charge in [0, 0.05) is 57.2 Å². The molecular weight excluding hydrogens is 1140 g/mol. The minimum absolute atomic E-state index is 0.0415. The average Bonchev–Trinajstić information content (AvgIpc) is 3.47. The molecule has 86 heavy (non-hydrogen) atoms. The van der Waals surface area contributed by atoms with Gasteiger partial charge in [-0.1, -0.05) is 120 Å². The van der Waals surface area contributed by atoms with Crippen LogP contribution in [0.4, 0.5) is 28.1 Å². The standard InChI is InChI=1S/C32H28ClN7O4.C19H17N3O2.C12H13ClN4O/c1-40(25-12-10-21(11-13-25)16-24(18-34)30-37-26-4-2-3-5-27(26)44-30)14-15-42-32(41)36-19-22-6-8-23(9-7-22)20-43-29-17-28(33)38-31(35)39-29;1-22(10-11-23)16-8-6-14(7-9-16)12-15(13-20)19-21-17-4-2-3-5-18(17)24-19;13-10-5-11(17-12(15)16-10)18-7-9-3-1-8(6-14)2-4-9/h2-13,16-17H,14-15,19-20H2,1H3,(H,36,41)(H2,35,38,39);2-9,12,23H,10-11H2,1H3;1-5H,6-7,14H2,(H2,15,16,17)/b24-16+;15-12+;. The predicted octanol–water partition coefficient (Wildman–Crippen LogP) is 10.9. The molecule has 0 atom stereocenters. The van der Waals surface area contributed by atoms with E-state index in [0.29, 0.717) is 72.4 Å². The Morgan fingerprint density at radius 3 is 1.45 bits per heavy atom. The van der Waals surface area contributed by atoms with E-state index in [4.69, 9.17) is 68.6 Å². The molecule has 10 aromatic rings. The quantitative estimate of drug-likeness (QED) is 0.0350. The number of nitrogens with two attached hydrogens (primary N) is 3. The van der Waals surface area contributed by atoms with E-state index < -0.39 is 6.09 Å². The number of carbonyl (C=O) groups is 1. The van der Waals surface area contributed by atoms with E-state index in [2.05, 4.69) is 47.4 Å². The van der Waals surface area contributed by atoms with E-state index in [1.54, 1.807) is 12.2 Å². The van der Waals surface area contributed by atoms with E-state index in [0.717, 1.165) is 50.3 Å². The van der Waals surface area contributed by atoms with E-state index in [-0.39, 0.29) is 53.8 Å². The second-order valence-electron chi connectivity index (χ2n) is 18.7. The average molecular weight is 1190 g/mol. The molecule has 0 bridgehead atoms. The highest BCUT2D eigenvalue weighted by Gasteiger charge is 2.14. The van der Waals surface area contributed by atoms with Crippen molar-refractivity contribution in [3.63, 3.8) is 0 Å². The molecule has 6 aromatic carbocycles. The smallest absolute Gasteiger partial charge is 0.407 e.